The van der Waals surface area contributed by atoms with Crippen LogP contribution in [0.2, 0.25) is 0 Å². The summed E-state index contributed by atoms with van der Waals surface area (Å²) in [4.78, 5) is 12.5. The van der Waals surface area contributed by atoms with Gasteiger partial charge in [-0.3, -0.25) is 4.79 Å². The number of carbonyl (C=O) groups is 1. The van der Waals surface area contributed by atoms with Gasteiger partial charge in [-0.05, 0) is 12.8 Å². The number of likely N-dealkylation sites (tertiary alicyclic amines) is 1. The molecule has 4 heteroatoms. The van der Waals surface area contributed by atoms with Crippen LogP contribution in [-0.4, -0.2) is 40.4 Å². The Labute approximate surface area is 65.4 Å². The maximum absolute atomic E-state index is 11.0. The molecule has 0 aromatic heterocycles. The quantitative estimate of drug-likeness (QED) is 0.524. The third-order valence-electron chi connectivity index (χ3n) is 1.81. The molecule has 2 N–H and O–H groups in total. The molecule has 0 unspecified atom stereocenters. The van der Waals surface area contributed by atoms with Gasteiger partial charge in [0.25, 0.3) is 0 Å². The van der Waals surface area contributed by atoms with Crippen LogP contribution in [0.1, 0.15) is 19.3 Å². The van der Waals surface area contributed by atoms with Crippen molar-refractivity contribution in [3.8, 4) is 0 Å². The molecule has 1 amide bonds. The highest BCUT2D eigenvalue weighted by atomic mass is 16.5. The highest BCUT2D eigenvalue weighted by molar-refractivity contribution is 5.76. The summed E-state index contributed by atoms with van der Waals surface area (Å²) < 4.78 is 0. The Morgan fingerprint density at radius 1 is 1.45 bits per heavy atom. The van der Waals surface area contributed by atoms with Crippen LogP contribution < -0.4 is 0 Å². The van der Waals surface area contributed by atoms with Gasteiger partial charge in [0.15, 0.2) is 6.29 Å². The minimum absolute atomic E-state index is 0.0318. The molecule has 0 aliphatic carbocycles. The van der Waals surface area contributed by atoms with E-state index in [1.807, 2.05) is 0 Å². The fourth-order valence-electron chi connectivity index (χ4n) is 1.25. The number of piperidine rings is 1. The summed E-state index contributed by atoms with van der Waals surface area (Å²) in [6.45, 7) is 0.718. The lowest BCUT2D eigenvalue weighted by atomic mass is 10.1. The molecular formula is C7H13NO3. The van der Waals surface area contributed by atoms with E-state index in [0.29, 0.717) is 13.0 Å². The zero-order valence-corrected chi connectivity index (χ0v) is 6.36. The predicted molar refractivity (Wildman–Crippen MR) is 38.7 cm³/mol. The molecular weight excluding hydrogens is 146 g/mol. The van der Waals surface area contributed by atoms with Crippen LogP contribution in [0.5, 0.6) is 0 Å². The zero-order valence-electron chi connectivity index (χ0n) is 6.36. The van der Waals surface area contributed by atoms with Crippen molar-refractivity contribution in [2.75, 3.05) is 13.1 Å². The van der Waals surface area contributed by atoms with Crippen molar-refractivity contribution in [1.82, 2.24) is 4.90 Å². The van der Waals surface area contributed by atoms with Crippen LogP contribution >= 0.6 is 0 Å². The van der Waals surface area contributed by atoms with Crippen LogP contribution in [-0.2, 0) is 4.79 Å². The SMILES string of the molecule is O=C1CCCCN1CC(O)O. The number of β-amino-alcohol motifs (C(OH)–C–C–N with tert-alkyl or cyclic N) is 2. The number of aliphatic hydroxyl groups is 2. The summed E-state index contributed by atoms with van der Waals surface area (Å²) in [5.41, 5.74) is 0. The van der Waals surface area contributed by atoms with Crippen LogP contribution in [0.25, 0.3) is 0 Å². The lowest BCUT2D eigenvalue weighted by Gasteiger charge is -2.26. The number of hydrogen-bond donors (Lipinski definition) is 2. The first kappa shape index (κ1) is 8.49. The summed E-state index contributed by atoms with van der Waals surface area (Å²) in [7, 11) is 0. The molecule has 4 nitrogen and oxygen atoms in total. The van der Waals surface area contributed by atoms with Crippen molar-refractivity contribution in [2.24, 2.45) is 0 Å². The van der Waals surface area contributed by atoms with Gasteiger partial charge in [-0.25, -0.2) is 0 Å². The largest absolute Gasteiger partial charge is 0.367 e. The van der Waals surface area contributed by atoms with E-state index in [0.717, 1.165) is 12.8 Å². The molecule has 1 aliphatic rings. The first-order valence-corrected chi connectivity index (χ1v) is 3.84. The van der Waals surface area contributed by atoms with Crippen molar-refractivity contribution in [1.29, 1.82) is 0 Å². The topological polar surface area (TPSA) is 60.8 Å². The van der Waals surface area contributed by atoms with Crippen molar-refractivity contribution >= 4 is 5.91 Å². The molecule has 0 spiro atoms. The zero-order chi connectivity index (χ0) is 8.27. The molecule has 64 valence electrons. The maximum atomic E-state index is 11.0. The van der Waals surface area contributed by atoms with Gasteiger partial charge in [0.1, 0.15) is 0 Å². The molecule has 1 fully saturated rings. The molecule has 1 saturated heterocycles. The number of hydrogen-bond acceptors (Lipinski definition) is 3. The first-order chi connectivity index (χ1) is 5.20. The molecule has 0 atom stereocenters. The second-order valence-corrected chi connectivity index (χ2v) is 2.78. The predicted octanol–water partition coefficient (Wildman–Crippen LogP) is -0.690. The van der Waals surface area contributed by atoms with Gasteiger partial charge in [0.05, 0.1) is 6.54 Å². The highest BCUT2D eigenvalue weighted by Crippen LogP contribution is 2.09. The Balaban J connectivity index is 2.36. The summed E-state index contributed by atoms with van der Waals surface area (Å²) in [5, 5.41) is 17.2. The molecule has 0 radical (unpaired) electrons. The van der Waals surface area contributed by atoms with E-state index in [1.165, 1.54) is 4.90 Å². The number of aliphatic hydroxyl groups excluding tert-OH is 1. The van der Waals surface area contributed by atoms with Gasteiger partial charge in [0.2, 0.25) is 5.91 Å². The maximum Gasteiger partial charge on any atom is 0.222 e. The summed E-state index contributed by atoms with van der Waals surface area (Å²) in [6, 6.07) is 0. The van der Waals surface area contributed by atoms with Gasteiger partial charge in [-0.15, -0.1) is 0 Å². The van der Waals surface area contributed by atoms with Gasteiger partial charge in [0, 0.05) is 13.0 Å². The Morgan fingerprint density at radius 3 is 2.73 bits per heavy atom. The standard InChI is InChI=1S/C7H13NO3/c9-6-3-1-2-4-8(6)5-7(10)11/h7,10-11H,1-5H2. The first-order valence-electron chi connectivity index (χ1n) is 3.84. The number of nitrogens with zero attached hydrogens (tertiary/aromatic N) is 1. The van der Waals surface area contributed by atoms with Gasteiger partial charge < -0.3 is 15.1 Å². The molecule has 1 heterocycles. The second kappa shape index (κ2) is 3.69. The van der Waals surface area contributed by atoms with Crippen LogP contribution in [0.4, 0.5) is 0 Å². The lowest BCUT2D eigenvalue weighted by Crippen LogP contribution is -2.40. The van der Waals surface area contributed by atoms with E-state index >= 15 is 0 Å². The number of rotatable bonds is 2. The fraction of sp³-hybridized carbons (Fsp3) is 0.857. The minimum atomic E-state index is -1.39. The van der Waals surface area contributed by atoms with E-state index in [9.17, 15) is 4.79 Å². The molecule has 1 rings (SSSR count). The van der Waals surface area contributed by atoms with Gasteiger partial charge in [-0.2, -0.15) is 0 Å². The average Bonchev–Trinajstić information content (AvgIpc) is 1.93. The van der Waals surface area contributed by atoms with Crippen molar-refractivity contribution in [3.05, 3.63) is 0 Å². The normalized spacial score (nSPS) is 19.5. The van der Waals surface area contributed by atoms with Crippen molar-refractivity contribution < 1.29 is 15.0 Å². The Morgan fingerprint density at radius 2 is 2.18 bits per heavy atom. The van der Waals surface area contributed by atoms with E-state index in [2.05, 4.69) is 0 Å². The number of carbonyl (C=O) groups excluding carboxylic acids is 1. The van der Waals surface area contributed by atoms with E-state index in [1.54, 1.807) is 0 Å². The van der Waals surface area contributed by atoms with Crippen LogP contribution in [0.3, 0.4) is 0 Å². The Hall–Kier alpha value is -0.610. The third kappa shape index (κ3) is 2.48. The average molecular weight is 159 g/mol. The Bertz CT molecular complexity index is 147. The molecule has 0 aromatic carbocycles. The van der Waals surface area contributed by atoms with E-state index in [4.69, 9.17) is 10.2 Å². The lowest BCUT2D eigenvalue weighted by molar-refractivity contribution is -0.140. The smallest absolute Gasteiger partial charge is 0.222 e. The minimum Gasteiger partial charge on any atom is -0.367 e. The van der Waals surface area contributed by atoms with E-state index in [-0.39, 0.29) is 12.5 Å². The highest BCUT2D eigenvalue weighted by Gasteiger charge is 2.19. The molecule has 0 saturated carbocycles. The molecule has 0 aromatic rings. The fourth-order valence-corrected chi connectivity index (χ4v) is 1.25. The third-order valence-corrected chi connectivity index (χ3v) is 1.81. The Kier molecular flexibility index (Phi) is 2.84. The molecule has 11 heavy (non-hydrogen) atoms. The van der Waals surface area contributed by atoms with Gasteiger partial charge >= 0.3 is 0 Å². The van der Waals surface area contributed by atoms with Crippen molar-refractivity contribution in [2.45, 2.75) is 25.6 Å². The monoisotopic (exact) mass is 159 g/mol. The van der Waals surface area contributed by atoms with Gasteiger partial charge in [-0.1, -0.05) is 0 Å². The second-order valence-electron chi connectivity index (χ2n) is 2.78. The van der Waals surface area contributed by atoms with Crippen molar-refractivity contribution in [3.63, 3.8) is 0 Å². The molecule has 1 aliphatic heterocycles. The van der Waals surface area contributed by atoms with Crippen LogP contribution in [0, 0.1) is 0 Å². The molecule has 0 bridgehead atoms. The van der Waals surface area contributed by atoms with E-state index < -0.39 is 6.29 Å². The summed E-state index contributed by atoms with van der Waals surface area (Å²) in [6.07, 6.45) is 1.05. The summed E-state index contributed by atoms with van der Waals surface area (Å²) >= 11 is 0. The van der Waals surface area contributed by atoms with Crippen LogP contribution in [0.15, 0.2) is 0 Å². The number of amides is 1. The summed E-state index contributed by atoms with van der Waals surface area (Å²) in [5.74, 6) is 0.0318.